The molecule has 0 spiro atoms. The topological polar surface area (TPSA) is 52.6 Å². The van der Waals surface area contributed by atoms with Gasteiger partial charge in [-0.05, 0) is 13.8 Å². The first-order chi connectivity index (χ1) is 4.97. The number of carbonyl (C=O) groups is 2. The molecule has 0 aromatic heterocycles. The minimum atomic E-state index is -0.873. The van der Waals surface area contributed by atoms with Crippen LogP contribution in [0.1, 0.15) is 13.8 Å². The van der Waals surface area contributed by atoms with Crippen LogP contribution in [0.15, 0.2) is 0 Å². The molecule has 0 N–H and O–H groups in total. The van der Waals surface area contributed by atoms with Gasteiger partial charge in [0.25, 0.3) is 0 Å². The molecular formula is C6H7BO4. The third-order valence-corrected chi connectivity index (χ3v) is 2.47. The molecule has 0 saturated carbocycles. The van der Waals surface area contributed by atoms with Crippen LogP contribution in [0.4, 0.5) is 0 Å². The van der Waals surface area contributed by atoms with Gasteiger partial charge in [-0.15, -0.1) is 0 Å². The van der Waals surface area contributed by atoms with E-state index in [1.807, 2.05) is 0 Å². The summed E-state index contributed by atoms with van der Waals surface area (Å²) in [6.45, 7) is 3.52. The molecule has 2 rings (SSSR count). The zero-order chi connectivity index (χ0) is 8.28. The predicted molar refractivity (Wildman–Crippen MR) is 36.1 cm³/mol. The van der Waals surface area contributed by atoms with E-state index in [2.05, 4.69) is 0 Å². The Balaban J connectivity index is 2.28. The lowest BCUT2D eigenvalue weighted by Crippen LogP contribution is -2.41. The molecule has 2 saturated heterocycles. The molecule has 0 aliphatic carbocycles. The van der Waals surface area contributed by atoms with E-state index in [1.54, 1.807) is 13.8 Å². The highest BCUT2D eigenvalue weighted by molar-refractivity contribution is 6.61. The molecule has 2 atom stereocenters. The van der Waals surface area contributed by atoms with Gasteiger partial charge in [-0.25, -0.2) is 9.59 Å². The second-order valence-corrected chi connectivity index (χ2v) is 3.42. The lowest BCUT2D eigenvalue weighted by atomic mass is 9.97. The van der Waals surface area contributed by atoms with Gasteiger partial charge in [0, 0.05) is 0 Å². The first-order valence-electron chi connectivity index (χ1n) is 3.43. The van der Waals surface area contributed by atoms with Gasteiger partial charge in [0.05, 0.1) is 0 Å². The summed E-state index contributed by atoms with van der Waals surface area (Å²) in [5.74, 6) is -1.75. The Kier molecular flexibility index (Phi) is 0.878. The SMILES string of the molecule is CC12BC1(C)OC(=O)C(=O)O2. The first kappa shape index (κ1) is 6.70. The van der Waals surface area contributed by atoms with Crippen molar-refractivity contribution in [1.82, 2.24) is 0 Å². The highest BCUT2D eigenvalue weighted by Gasteiger charge is 2.72. The maximum atomic E-state index is 10.7. The average molecular weight is 154 g/mol. The lowest BCUT2D eigenvalue weighted by Gasteiger charge is -2.25. The first-order valence-corrected chi connectivity index (χ1v) is 3.43. The minimum Gasteiger partial charge on any atom is -0.457 e. The monoisotopic (exact) mass is 154 g/mol. The van der Waals surface area contributed by atoms with Crippen LogP contribution >= 0.6 is 0 Å². The lowest BCUT2D eigenvalue weighted by molar-refractivity contribution is -0.191. The van der Waals surface area contributed by atoms with E-state index in [-0.39, 0.29) is 0 Å². The number of rotatable bonds is 0. The second-order valence-electron chi connectivity index (χ2n) is 3.42. The van der Waals surface area contributed by atoms with Crippen molar-refractivity contribution in [1.29, 1.82) is 0 Å². The van der Waals surface area contributed by atoms with Gasteiger partial charge in [0.2, 0.25) is 7.28 Å². The largest absolute Gasteiger partial charge is 0.457 e. The van der Waals surface area contributed by atoms with Crippen molar-refractivity contribution >= 4 is 19.2 Å². The zero-order valence-electron chi connectivity index (χ0n) is 6.34. The minimum absolute atomic E-state index is 0.558. The van der Waals surface area contributed by atoms with E-state index in [4.69, 9.17) is 9.47 Å². The highest BCUT2D eigenvalue weighted by atomic mass is 16.7. The van der Waals surface area contributed by atoms with Gasteiger partial charge in [-0.3, -0.25) is 0 Å². The van der Waals surface area contributed by atoms with Crippen molar-refractivity contribution < 1.29 is 19.1 Å². The zero-order valence-corrected chi connectivity index (χ0v) is 6.34. The van der Waals surface area contributed by atoms with Gasteiger partial charge < -0.3 is 9.47 Å². The Hall–Kier alpha value is -0.995. The van der Waals surface area contributed by atoms with Crippen molar-refractivity contribution in [2.75, 3.05) is 0 Å². The summed E-state index contributed by atoms with van der Waals surface area (Å²) in [5.41, 5.74) is -1.12. The highest BCUT2D eigenvalue weighted by Crippen LogP contribution is 2.47. The summed E-state index contributed by atoms with van der Waals surface area (Å²) in [6.07, 6.45) is 0. The Labute approximate surface area is 64.1 Å². The average Bonchev–Trinajstić information content (AvgIpc) is 2.33. The summed E-state index contributed by atoms with van der Waals surface area (Å²) in [6, 6.07) is 0. The molecule has 5 heteroatoms. The summed E-state index contributed by atoms with van der Waals surface area (Å²) in [5, 5.41) is 0. The smallest absolute Gasteiger partial charge is 0.417 e. The van der Waals surface area contributed by atoms with Crippen molar-refractivity contribution in [3.8, 4) is 0 Å². The maximum Gasteiger partial charge on any atom is 0.417 e. The quantitative estimate of drug-likeness (QED) is 0.254. The van der Waals surface area contributed by atoms with Gasteiger partial charge in [0.1, 0.15) is 11.0 Å². The molecule has 11 heavy (non-hydrogen) atoms. The van der Waals surface area contributed by atoms with Crippen molar-refractivity contribution in [2.24, 2.45) is 0 Å². The Morgan fingerprint density at radius 3 is 1.82 bits per heavy atom. The molecule has 4 nitrogen and oxygen atoms in total. The summed E-state index contributed by atoms with van der Waals surface area (Å²) in [4.78, 5) is 21.4. The molecule has 0 aromatic rings. The molecule has 58 valence electrons. The maximum absolute atomic E-state index is 10.7. The Bertz CT molecular complexity index is 237. The van der Waals surface area contributed by atoms with E-state index in [1.165, 1.54) is 0 Å². The van der Waals surface area contributed by atoms with Crippen LogP contribution in [0.3, 0.4) is 0 Å². The van der Waals surface area contributed by atoms with Gasteiger partial charge in [-0.1, -0.05) is 0 Å². The fourth-order valence-electron chi connectivity index (χ4n) is 1.38. The molecule has 0 radical (unpaired) electrons. The van der Waals surface area contributed by atoms with E-state index >= 15 is 0 Å². The summed E-state index contributed by atoms with van der Waals surface area (Å²) in [7, 11) is 0.609. The fourth-order valence-corrected chi connectivity index (χ4v) is 1.38. The van der Waals surface area contributed by atoms with Crippen LogP contribution in [0, 0.1) is 0 Å². The molecule has 2 unspecified atom stereocenters. The van der Waals surface area contributed by atoms with Crippen LogP contribution in [-0.4, -0.2) is 30.2 Å². The van der Waals surface area contributed by atoms with Crippen LogP contribution in [0.5, 0.6) is 0 Å². The van der Waals surface area contributed by atoms with Gasteiger partial charge in [-0.2, -0.15) is 0 Å². The molecular weight excluding hydrogens is 147 g/mol. The number of ether oxygens (including phenoxy) is 2. The summed E-state index contributed by atoms with van der Waals surface area (Å²) < 4.78 is 9.70. The number of fused-ring (bicyclic) bond motifs is 1. The number of hydrogen-bond donors (Lipinski definition) is 0. The second kappa shape index (κ2) is 1.44. The van der Waals surface area contributed by atoms with Crippen LogP contribution < -0.4 is 0 Å². The molecule has 2 heterocycles. The molecule has 2 fully saturated rings. The van der Waals surface area contributed by atoms with Gasteiger partial charge >= 0.3 is 11.9 Å². The van der Waals surface area contributed by atoms with Crippen LogP contribution in [0.25, 0.3) is 0 Å². The predicted octanol–water partition coefficient (Wildman–Crippen LogP) is -1.03. The fraction of sp³-hybridized carbons (Fsp3) is 0.667. The van der Waals surface area contributed by atoms with Crippen LogP contribution in [0.2, 0.25) is 0 Å². The third-order valence-electron chi connectivity index (χ3n) is 2.47. The number of esters is 2. The summed E-state index contributed by atoms with van der Waals surface area (Å²) >= 11 is 0. The Morgan fingerprint density at radius 1 is 1.09 bits per heavy atom. The van der Waals surface area contributed by atoms with Crippen molar-refractivity contribution in [3.63, 3.8) is 0 Å². The normalized spacial score (nSPS) is 46.7. The van der Waals surface area contributed by atoms with E-state index in [0.29, 0.717) is 7.28 Å². The standard InChI is InChI=1S/C6H7BO4/c1-5-6(2,7-5)11-4(9)3(8)10-5/h7H,1-2H3. The van der Waals surface area contributed by atoms with E-state index in [9.17, 15) is 9.59 Å². The molecule has 0 bridgehead atoms. The number of hydrogen-bond acceptors (Lipinski definition) is 4. The molecule has 2 aliphatic heterocycles. The van der Waals surface area contributed by atoms with Crippen molar-refractivity contribution in [2.45, 2.75) is 24.8 Å². The number of carbonyl (C=O) groups excluding carboxylic acids is 2. The Morgan fingerprint density at radius 2 is 1.45 bits per heavy atom. The van der Waals surface area contributed by atoms with Crippen LogP contribution in [-0.2, 0) is 19.1 Å². The molecule has 0 aromatic carbocycles. The van der Waals surface area contributed by atoms with E-state index < -0.39 is 22.9 Å². The van der Waals surface area contributed by atoms with Crippen molar-refractivity contribution in [3.05, 3.63) is 0 Å². The molecule has 0 amide bonds. The molecule has 2 aliphatic rings. The van der Waals surface area contributed by atoms with E-state index in [0.717, 1.165) is 0 Å². The van der Waals surface area contributed by atoms with Gasteiger partial charge in [0.15, 0.2) is 0 Å². The third kappa shape index (κ3) is 0.653.